The van der Waals surface area contributed by atoms with Gasteiger partial charge in [0.25, 0.3) is 0 Å². The maximum Gasteiger partial charge on any atom is 0.477 e. The summed E-state index contributed by atoms with van der Waals surface area (Å²) in [7, 11) is 0. The molecule has 1 aromatic rings. The van der Waals surface area contributed by atoms with Gasteiger partial charge in [-0.2, -0.15) is 17.6 Å². The molecule has 1 rings (SSSR count). The molecule has 84 valence electrons. The van der Waals surface area contributed by atoms with Crippen LogP contribution in [-0.2, 0) is 0 Å². The van der Waals surface area contributed by atoms with Gasteiger partial charge in [-0.3, -0.25) is 0 Å². The minimum Gasteiger partial charge on any atom is -0.439 e. The van der Waals surface area contributed by atoms with Crippen LogP contribution in [0.2, 0.25) is 5.02 Å². The number of halogens is 6. The first-order valence-corrected chi connectivity index (χ1v) is 4.37. The average Bonchev–Trinajstić information content (AvgIpc) is 2.06. The predicted molar refractivity (Wildman–Crippen MR) is 47.8 cm³/mol. The lowest BCUT2D eigenvalue weighted by molar-refractivity contribution is -0.260. The topological polar surface area (TPSA) is 9.23 Å². The van der Waals surface area contributed by atoms with E-state index in [2.05, 4.69) is 16.3 Å². The molecule has 0 aromatic heterocycles. The van der Waals surface area contributed by atoms with Crippen LogP contribution < -0.4 is 4.74 Å². The summed E-state index contributed by atoms with van der Waals surface area (Å²) in [5.74, 6) is -0.366. The van der Waals surface area contributed by atoms with Crippen molar-refractivity contribution in [1.82, 2.24) is 0 Å². The molecular weight excluding hydrogens is 259 g/mol. The van der Waals surface area contributed by atoms with E-state index in [0.717, 1.165) is 12.1 Å². The van der Waals surface area contributed by atoms with Crippen LogP contribution in [0, 0.1) is 0 Å². The fourth-order valence-electron chi connectivity index (χ4n) is 0.709. The Bertz CT molecular complexity index is 333. The van der Waals surface area contributed by atoms with Crippen LogP contribution >= 0.6 is 23.2 Å². The fourth-order valence-corrected chi connectivity index (χ4v) is 0.924. The quantitative estimate of drug-likeness (QED) is 0.575. The molecule has 7 heteroatoms. The lowest BCUT2D eigenvalue weighted by Crippen LogP contribution is -2.40. The van der Waals surface area contributed by atoms with Crippen LogP contribution in [0.1, 0.15) is 0 Å². The molecule has 0 fully saturated rings. The van der Waals surface area contributed by atoms with Crippen molar-refractivity contribution in [3.05, 3.63) is 29.3 Å². The molecule has 0 heterocycles. The molecule has 15 heavy (non-hydrogen) atoms. The van der Waals surface area contributed by atoms with Crippen molar-refractivity contribution in [3.63, 3.8) is 0 Å². The second-order valence-electron chi connectivity index (χ2n) is 2.57. The molecule has 0 N–H and O–H groups in total. The second kappa shape index (κ2) is 4.06. The van der Waals surface area contributed by atoms with Crippen molar-refractivity contribution in [2.45, 2.75) is 11.5 Å². The van der Waals surface area contributed by atoms with Gasteiger partial charge in [0.15, 0.2) is 0 Å². The van der Waals surface area contributed by atoms with Gasteiger partial charge in [-0.25, -0.2) is 0 Å². The number of benzene rings is 1. The zero-order valence-electron chi connectivity index (χ0n) is 6.99. The first kappa shape index (κ1) is 12.4. The second-order valence-corrected chi connectivity index (χ2v) is 3.49. The summed E-state index contributed by atoms with van der Waals surface area (Å²) in [5.41, 5.74) is 0. The monoisotopic (exact) mass is 262 g/mol. The Morgan fingerprint density at radius 1 is 1.00 bits per heavy atom. The zero-order valence-corrected chi connectivity index (χ0v) is 8.50. The molecule has 0 spiro atoms. The Morgan fingerprint density at radius 3 is 1.87 bits per heavy atom. The minimum atomic E-state index is -5.31. The summed E-state index contributed by atoms with van der Waals surface area (Å²) >= 11 is 10.0. The van der Waals surface area contributed by atoms with Gasteiger partial charge in [0, 0.05) is 5.02 Å². The molecule has 1 unspecified atom stereocenters. The molecule has 0 aliphatic rings. The Kier molecular flexibility index (Phi) is 3.35. The number of rotatable bonds is 2. The van der Waals surface area contributed by atoms with Crippen molar-refractivity contribution in [2.24, 2.45) is 0 Å². The SMILES string of the molecule is FC(F)(F)C(F)(Cl)Oc1ccc(Cl)cc1. The lowest BCUT2D eigenvalue weighted by Gasteiger charge is -2.21. The third kappa shape index (κ3) is 3.14. The first-order chi connectivity index (χ1) is 6.72. The van der Waals surface area contributed by atoms with Crippen molar-refractivity contribution >= 4 is 23.2 Å². The maximum atomic E-state index is 12.8. The van der Waals surface area contributed by atoms with Crippen molar-refractivity contribution in [3.8, 4) is 5.75 Å². The Morgan fingerprint density at radius 2 is 1.47 bits per heavy atom. The van der Waals surface area contributed by atoms with Gasteiger partial charge in [-0.15, -0.1) is 0 Å². The van der Waals surface area contributed by atoms with E-state index in [0.29, 0.717) is 0 Å². The summed E-state index contributed by atoms with van der Waals surface area (Å²) < 4.78 is 52.5. The van der Waals surface area contributed by atoms with E-state index < -0.39 is 11.5 Å². The van der Waals surface area contributed by atoms with Crippen LogP contribution in [0.5, 0.6) is 5.75 Å². The van der Waals surface area contributed by atoms with E-state index >= 15 is 0 Å². The number of alkyl halides is 5. The summed E-state index contributed by atoms with van der Waals surface area (Å²) in [6.07, 6.45) is -5.31. The summed E-state index contributed by atoms with van der Waals surface area (Å²) in [4.78, 5) is 0. The molecule has 0 aliphatic heterocycles. The van der Waals surface area contributed by atoms with Crippen LogP contribution in [0.3, 0.4) is 0 Å². The maximum absolute atomic E-state index is 12.8. The van der Waals surface area contributed by atoms with E-state index in [1.807, 2.05) is 0 Å². The average molecular weight is 263 g/mol. The Labute approximate surface area is 92.5 Å². The van der Waals surface area contributed by atoms with Crippen molar-refractivity contribution in [1.29, 1.82) is 0 Å². The molecule has 0 radical (unpaired) electrons. The highest BCUT2D eigenvalue weighted by atomic mass is 35.5. The molecule has 0 aliphatic carbocycles. The smallest absolute Gasteiger partial charge is 0.439 e. The van der Waals surface area contributed by atoms with Gasteiger partial charge >= 0.3 is 11.5 Å². The molecule has 0 saturated carbocycles. The molecule has 0 amide bonds. The largest absolute Gasteiger partial charge is 0.477 e. The zero-order chi connectivity index (χ0) is 11.7. The predicted octanol–water partition coefficient (Wildman–Crippen LogP) is 4.14. The Hall–Kier alpha value is -0.680. The summed E-state index contributed by atoms with van der Waals surface area (Å²) in [6, 6.07) is 4.65. The molecule has 1 aromatic carbocycles. The first-order valence-electron chi connectivity index (χ1n) is 3.61. The number of hydrogen-bond donors (Lipinski definition) is 0. The van der Waals surface area contributed by atoms with Crippen LogP contribution in [0.4, 0.5) is 17.6 Å². The summed E-state index contributed by atoms with van der Waals surface area (Å²) in [5, 5.41) is -3.95. The third-order valence-electron chi connectivity index (χ3n) is 1.39. The van der Waals surface area contributed by atoms with Gasteiger partial charge in [-0.1, -0.05) is 11.6 Å². The van der Waals surface area contributed by atoms with Crippen molar-refractivity contribution < 1.29 is 22.3 Å². The Balaban J connectivity index is 2.82. The lowest BCUT2D eigenvalue weighted by atomic mass is 10.3. The van der Waals surface area contributed by atoms with Crippen LogP contribution in [0.25, 0.3) is 0 Å². The minimum absolute atomic E-state index is 0.286. The van der Waals surface area contributed by atoms with Gasteiger partial charge in [0.05, 0.1) is 0 Å². The van der Waals surface area contributed by atoms with E-state index in [9.17, 15) is 17.6 Å². The third-order valence-corrected chi connectivity index (χ3v) is 1.93. The molecule has 0 bridgehead atoms. The van der Waals surface area contributed by atoms with Gasteiger partial charge in [-0.05, 0) is 35.9 Å². The highest BCUT2D eigenvalue weighted by molar-refractivity contribution is 6.30. The van der Waals surface area contributed by atoms with Crippen LogP contribution in [0.15, 0.2) is 24.3 Å². The molecule has 0 saturated heterocycles. The van der Waals surface area contributed by atoms with E-state index in [4.69, 9.17) is 11.6 Å². The normalized spacial score (nSPS) is 15.9. The molecular formula is C8H4Cl2F4O. The van der Waals surface area contributed by atoms with Gasteiger partial charge in [0.1, 0.15) is 5.75 Å². The van der Waals surface area contributed by atoms with Crippen LogP contribution in [-0.4, -0.2) is 11.5 Å². The van der Waals surface area contributed by atoms with E-state index in [1.54, 1.807) is 0 Å². The number of hydrogen-bond acceptors (Lipinski definition) is 1. The number of ether oxygens (including phenoxy) is 1. The summed E-state index contributed by atoms with van der Waals surface area (Å²) in [6.45, 7) is 0. The molecule has 1 atom stereocenters. The standard InChI is InChI=1S/C8H4Cl2F4O/c9-5-1-3-6(4-2-5)15-7(10,11)8(12,13)14/h1-4H. The van der Waals surface area contributed by atoms with Crippen molar-refractivity contribution in [2.75, 3.05) is 0 Å². The highest BCUT2D eigenvalue weighted by Gasteiger charge is 2.58. The highest BCUT2D eigenvalue weighted by Crippen LogP contribution is 2.39. The van der Waals surface area contributed by atoms with E-state index in [-0.39, 0.29) is 10.8 Å². The van der Waals surface area contributed by atoms with E-state index in [1.165, 1.54) is 12.1 Å². The fraction of sp³-hybridized carbons (Fsp3) is 0.250. The van der Waals surface area contributed by atoms with Gasteiger partial charge < -0.3 is 4.74 Å². The van der Waals surface area contributed by atoms with Gasteiger partial charge in [0.2, 0.25) is 0 Å². The molecule has 1 nitrogen and oxygen atoms in total.